The van der Waals surface area contributed by atoms with Crippen LogP contribution in [0.15, 0.2) is 36.7 Å². The quantitative estimate of drug-likeness (QED) is 0.645. The molecule has 2 unspecified atom stereocenters. The molecule has 1 aliphatic rings. The van der Waals surface area contributed by atoms with E-state index in [0.717, 1.165) is 54.1 Å². The van der Waals surface area contributed by atoms with Crippen molar-refractivity contribution < 1.29 is 4.79 Å². The molecular weight excluding hydrogens is 394 g/mol. The van der Waals surface area contributed by atoms with Gasteiger partial charge in [0.15, 0.2) is 0 Å². The van der Waals surface area contributed by atoms with Gasteiger partial charge in [-0.15, -0.1) is 11.3 Å². The van der Waals surface area contributed by atoms with Gasteiger partial charge in [-0.25, -0.2) is 9.97 Å². The number of aldehydes is 1. The zero-order valence-electron chi connectivity index (χ0n) is 15.6. The highest BCUT2D eigenvalue weighted by Gasteiger charge is 2.30. The van der Waals surface area contributed by atoms with Crippen molar-refractivity contribution in [3.63, 3.8) is 0 Å². The van der Waals surface area contributed by atoms with Gasteiger partial charge in [-0.3, -0.25) is 4.90 Å². The minimum absolute atomic E-state index is 0.161. The number of fused-ring (bicyclic) bond motifs is 1. The van der Waals surface area contributed by atoms with E-state index in [-0.39, 0.29) is 6.04 Å². The van der Waals surface area contributed by atoms with Crippen molar-refractivity contribution in [3.05, 3.63) is 52.1 Å². The molecule has 8 heteroatoms. The Morgan fingerprint density at radius 1 is 1.18 bits per heavy atom. The molecule has 3 heterocycles. The molecule has 2 atom stereocenters. The van der Waals surface area contributed by atoms with Crippen LogP contribution >= 0.6 is 22.9 Å². The molecule has 1 fully saturated rings. The lowest BCUT2D eigenvalue weighted by molar-refractivity contribution is -0.110. The van der Waals surface area contributed by atoms with Crippen LogP contribution in [0.1, 0.15) is 16.5 Å². The third kappa shape index (κ3) is 3.75. The van der Waals surface area contributed by atoms with Gasteiger partial charge in [0.25, 0.3) is 0 Å². The fraction of sp³-hybridized carbons (Fsp3) is 0.350. The molecule has 0 bridgehead atoms. The van der Waals surface area contributed by atoms with E-state index in [2.05, 4.69) is 32.8 Å². The highest BCUT2D eigenvalue weighted by atomic mass is 35.5. The topological polar surface area (TPSA) is 75.3 Å². The standard InChI is InChI=1S/C20H22ClN5OS/c1-13-10-17-19(28-13)20(24-12-23-17)26-8-6-25(7-9-26)18(16(22)11-27)14-2-4-15(21)5-3-14/h2-5,10-12,16,18H,6-9,22H2,1H3. The van der Waals surface area contributed by atoms with Crippen LogP contribution in [0.5, 0.6) is 0 Å². The zero-order valence-corrected chi connectivity index (χ0v) is 17.2. The van der Waals surface area contributed by atoms with E-state index in [9.17, 15) is 4.79 Å². The van der Waals surface area contributed by atoms with Gasteiger partial charge in [-0.2, -0.15) is 0 Å². The number of rotatable bonds is 5. The number of carbonyl (C=O) groups excluding carboxylic acids is 1. The van der Waals surface area contributed by atoms with Crippen molar-refractivity contribution in [2.24, 2.45) is 5.73 Å². The number of hydrogen-bond donors (Lipinski definition) is 1. The second-order valence-corrected chi connectivity index (χ2v) is 8.69. The Kier molecular flexibility index (Phi) is 5.59. The summed E-state index contributed by atoms with van der Waals surface area (Å²) >= 11 is 7.75. The van der Waals surface area contributed by atoms with Crippen LogP contribution in [0.2, 0.25) is 5.02 Å². The molecule has 2 aromatic heterocycles. The maximum absolute atomic E-state index is 11.5. The Morgan fingerprint density at radius 2 is 1.89 bits per heavy atom. The second-order valence-electron chi connectivity index (χ2n) is 7.00. The van der Waals surface area contributed by atoms with E-state index >= 15 is 0 Å². The minimum atomic E-state index is -0.585. The predicted octanol–water partition coefficient (Wildman–Crippen LogP) is 3.04. The number of nitrogens with zero attached hydrogens (tertiary/aromatic N) is 4. The molecule has 2 N–H and O–H groups in total. The van der Waals surface area contributed by atoms with Crippen molar-refractivity contribution in [2.75, 3.05) is 31.1 Å². The van der Waals surface area contributed by atoms with E-state index in [4.69, 9.17) is 17.3 Å². The molecule has 146 valence electrons. The van der Waals surface area contributed by atoms with Crippen molar-refractivity contribution in [1.82, 2.24) is 14.9 Å². The van der Waals surface area contributed by atoms with Crippen LogP contribution in [0, 0.1) is 6.92 Å². The SMILES string of the molecule is Cc1cc2ncnc(N3CCN(C(c4ccc(Cl)cc4)C(N)C=O)CC3)c2s1. The smallest absolute Gasteiger partial charge is 0.150 e. The monoisotopic (exact) mass is 415 g/mol. The maximum Gasteiger partial charge on any atom is 0.150 e. The van der Waals surface area contributed by atoms with Gasteiger partial charge in [-0.1, -0.05) is 23.7 Å². The molecule has 1 saturated heterocycles. The van der Waals surface area contributed by atoms with Gasteiger partial charge in [0.2, 0.25) is 0 Å². The maximum atomic E-state index is 11.5. The summed E-state index contributed by atoms with van der Waals surface area (Å²) in [6.07, 6.45) is 2.46. The fourth-order valence-corrected chi connectivity index (χ4v) is 4.92. The molecule has 1 aromatic carbocycles. The van der Waals surface area contributed by atoms with Gasteiger partial charge in [0.05, 0.1) is 22.3 Å². The highest BCUT2D eigenvalue weighted by Crippen LogP contribution is 2.32. The number of anilines is 1. The van der Waals surface area contributed by atoms with Crippen molar-refractivity contribution in [3.8, 4) is 0 Å². The van der Waals surface area contributed by atoms with Gasteiger partial charge in [-0.05, 0) is 30.7 Å². The highest BCUT2D eigenvalue weighted by molar-refractivity contribution is 7.19. The number of carbonyl (C=O) groups is 1. The number of thiophene rings is 1. The van der Waals surface area contributed by atoms with Crippen LogP contribution in [0.25, 0.3) is 10.2 Å². The summed E-state index contributed by atoms with van der Waals surface area (Å²) < 4.78 is 1.13. The van der Waals surface area contributed by atoms with Crippen molar-refractivity contribution in [1.29, 1.82) is 0 Å². The summed E-state index contributed by atoms with van der Waals surface area (Å²) in [5.41, 5.74) is 8.17. The molecule has 0 aliphatic carbocycles. The van der Waals surface area contributed by atoms with Crippen molar-refractivity contribution in [2.45, 2.75) is 19.0 Å². The summed E-state index contributed by atoms with van der Waals surface area (Å²) in [7, 11) is 0. The third-order valence-electron chi connectivity index (χ3n) is 5.16. The molecule has 0 radical (unpaired) electrons. The summed E-state index contributed by atoms with van der Waals surface area (Å²) in [5, 5.41) is 0.672. The van der Waals surface area contributed by atoms with Gasteiger partial charge in [0, 0.05) is 36.1 Å². The van der Waals surface area contributed by atoms with Crippen LogP contribution in [-0.4, -0.2) is 53.4 Å². The number of hydrogen-bond acceptors (Lipinski definition) is 7. The lowest BCUT2D eigenvalue weighted by atomic mass is 9.98. The fourth-order valence-electron chi connectivity index (χ4n) is 3.81. The molecule has 0 spiro atoms. The predicted molar refractivity (Wildman–Crippen MR) is 114 cm³/mol. The van der Waals surface area contributed by atoms with E-state index in [1.54, 1.807) is 17.7 Å². The summed E-state index contributed by atoms with van der Waals surface area (Å²) in [5.74, 6) is 0.991. The number of benzene rings is 1. The third-order valence-corrected chi connectivity index (χ3v) is 6.44. The first-order chi connectivity index (χ1) is 13.6. The lowest BCUT2D eigenvalue weighted by Gasteiger charge is -2.41. The summed E-state index contributed by atoms with van der Waals surface area (Å²) in [4.78, 5) is 26.2. The van der Waals surface area contributed by atoms with Crippen LogP contribution < -0.4 is 10.6 Å². The number of nitrogens with two attached hydrogens (primary N) is 1. The average molecular weight is 416 g/mol. The Hall–Kier alpha value is -2.06. The molecule has 3 aromatic rings. The number of aryl methyl sites for hydroxylation is 1. The van der Waals surface area contributed by atoms with Crippen molar-refractivity contribution >= 4 is 45.3 Å². The second kappa shape index (κ2) is 8.13. The van der Waals surface area contributed by atoms with Gasteiger partial charge in [0.1, 0.15) is 18.4 Å². The average Bonchev–Trinajstić information content (AvgIpc) is 3.10. The first-order valence-corrected chi connectivity index (χ1v) is 10.4. The number of piperazine rings is 1. The minimum Gasteiger partial charge on any atom is -0.353 e. The molecule has 0 amide bonds. The van der Waals surface area contributed by atoms with Crippen LogP contribution in [0.4, 0.5) is 5.82 Å². The Balaban J connectivity index is 1.54. The van der Waals surface area contributed by atoms with Crippen LogP contribution in [-0.2, 0) is 4.79 Å². The lowest BCUT2D eigenvalue weighted by Crippen LogP contribution is -2.52. The van der Waals surface area contributed by atoms with E-state index in [1.807, 2.05) is 24.3 Å². The largest absolute Gasteiger partial charge is 0.353 e. The van der Waals surface area contributed by atoms with E-state index in [1.165, 1.54) is 4.88 Å². The summed E-state index contributed by atoms with van der Waals surface area (Å²) in [6.45, 7) is 5.32. The van der Waals surface area contributed by atoms with Crippen LogP contribution in [0.3, 0.4) is 0 Å². The molecule has 28 heavy (non-hydrogen) atoms. The van der Waals surface area contributed by atoms with E-state index in [0.29, 0.717) is 5.02 Å². The Labute approximate surface area is 172 Å². The van der Waals surface area contributed by atoms with Gasteiger partial charge < -0.3 is 15.4 Å². The molecule has 0 saturated carbocycles. The van der Waals surface area contributed by atoms with Gasteiger partial charge >= 0.3 is 0 Å². The first kappa shape index (κ1) is 19.3. The normalized spacial score (nSPS) is 17.6. The van der Waals surface area contributed by atoms with E-state index < -0.39 is 6.04 Å². The molecule has 1 aliphatic heterocycles. The Bertz CT molecular complexity index is 968. The first-order valence-electron chi connectivity index (χ1n) is 9.23. The molecule has 4 rings (SSSR count). The molecular formula is C20H22ClN5OS. The zero-order chi connectivity index (χ0) is 19.7. The number of aromatic nitrogens is 2. The summed E-state index contributed by atoms with van der Waals surface area (Å²) in [6, 6.07) is 8.94. The number of halogens is 1. The molecule has 6 nitrogen and oxygen atoms in total. The Morgan fingerprint density at radius 3 is 2.57 bits per heavy atom.